The van der Waals surface area contributed by atoms with E-state index in [0.717, 1.165) is 0 Å². The summed E-state index contributed by atoms with van der Waals surface area (Å²) >= 11 is 0. The summed E-state index contributed by atoms with van der Waals surface area (Å²) in [6.45, 7) is 10.2. The summed E-state index contributed by atoms with van der Waals surface area (Å²) in [4.78, 5) is 0. The first-order valence-corrected chi connectivity index (χ1v) is 3.10. The van der Waals surface area contributed by atoms with E-state index in [-0.39, 0.29) is 13.2 Å². The van der Waals surface area contributed by atoms with Crippen LogP contribution in [0.3, 0.4) is 0 Å². The zero-order chi connectivity index (χ0) is 8.83. The largest absolute Gasteiger partial charge is 0.394 e. The molecule has 0 radical (unpaired) electrons. The lowest BCUT2D eigenvalue weighted by Gasteiger charge is -1.70. The Labute approximate surface area is 63.5 Å². The summed E-state index contributed by atoms with van der Waals surface area (Å²) in [6.07, 6.45) is 3.50. The van der Waals surface area contributed by atoms with Gasteiger partial charge in [0.1, 0.15) is 0 Å². The van der Waals surface area contributed by atoms with Gasteiger partial charge in [-0.15, -0.1) is 13.2 Å². The van der Waals surface area contributed by atoms with Gasteiger partial charge >= 0.3 is 0 Å². The molecule has 0 aliphatic heterocycles. The number of allylic oxidation sites excluding steroid dienone is 2. The molecular formula is C8H18O2. The van der Waals surface area contributed by atoms with Crippen LogP contribution in [-0.4, -0.2) is 23.4 Å². The van der Waals surface area contributed by atoms with Crippen molar-refractivity contribution in [2.24, 2.45) is 0 Å². The van der Waals surface area contributed by atoms with Crippen molar-refractivity contribution in [1.29, 1.82) is 0 Å². The highest BCUT2D eigenvalue weighted by molar-refractivity contribution is 4.51. The molecule has 0 fully saturated rings. The molecule has 0 saturated heterocycles. The third kappa shape index (κ3) is 1890. The normalized spacial score (nSPS) is 5.60. The number of rotatable bonds is 1. The monoisotopic (exact) mass is 146 g/mol. The quantitative estimate of drug-likeness (QED) is 0.548. The zero-order valence-electron chi connectivity index (χ0n) is 6.88. The number of aliphatic hydroxyl groups excluding tert-OH is 2. The van der Waals surface area contributed by atoms with Crippen LogP contribution in [0.25, 0.3) is 0 Å². The van der Waals surface area contributed by atoms with Crippen LogP contribution in [0.4, 0.5) is 0 Å². The molecule has 0 aromatic rings. The Morgan fingerprint density at radius 2 is 1.10 bits per heavy atom. The van der Waals surface area contributed by atoms with Crippen molar-refractivity contribution in [1.82, 2.24) is 0 Å². The summed E-state index contributed by atoms with van der Waals surface area (Å²) < 4.78 is 0. The first-order valence-electron chi connectivity index (χ1n) is 3.10. The predicted molar refractivity (Wildman–Crippen MR) is 45.9 cm³/mol. The van der Waals surface area contributed by atoms with Crippen molar-refractivity contribution in [3.05, 3.63) is 25.3 Å². The van der Waals surface area contributed by atoms with E-state index in [1.807, 2.05) is 13.8 Å². The highest BCUT2D eigenvalue weighted by Crippen LogP contribution is 1.39. The molecule has 0 bridgehead atoms. The van der Waals surface area contributed by atoms with Crippen molar-refractivity contribution in [2.45, 2.75) is 13.8 Å². The molecule has 0 aliphatic carbocycles. The topological polar surface area (TPSA) is 40.5 Å². The molecule has 2 N–H and O–H groups in total. The first kappa shape index (κ1) is 16.2. The maximum Gasteiger partial charge on any atom is 0.0662 e. The average molecular weight is 146 g/mol. The second-order valence-corrected chi connectivity index (χ2v) is 1.26. The van der Waals surface area contributed by atoms with Gasteiger partial charge in [-0.05, 0) is 13.8 Å². The van der Waals surface area contributed by atoms with Gasteiger partial charge in [0, 0.05) is 0 Å². The maximum absolute atomic E-state index is 7.62. The Kier molecular flexibility index (Phi) is 64.4. The molecular weight excluding hydrogens is 128 g/mol. The van der Waals surface area contributed by atoms with E-state index < -0.39 is 0 Å². The van der Waals surface area contributed by atoms with Crippen LogP contribution in [0.5, 0.6) is 0 Å². The van der Waals surface area contributed by atoms with E-state index in [0.29, 0.717) is 0 Å². The summed E-state index contributed by atoms with van der Waals surface area (Å²) in [5, 5.41) is 15.2. The lowest BCUT2D eigenvalue weighted by Crippen LogP contribution is -1.85. The van der Waals surface area contributed by atoms with Crippen LogP contribution in [0.2, 0.25) is 0 Å². The van der Waals surface area contributed by atoms with Crippen LogP contribution < -0.4 is 0 Å². The molecule has 62 valence electrons. The molecule has 0 saturated carbocycles. The third-order valence-corrected chi connectivity index (χ3v) is 0.1000. The van der Waals surface area contributed by atoms with E-state index >= 15 is 0 Å². The molecule has 10 heavy (non-hydrogen) atoms. The average Bonchev–Trinajstić information content (AvgIpc) is 1.91. The summed E-state index contributed by atoms with van der Waals surface area (Å²) in [7, 11) is 0. The van der Waals surface area contributed by atoms with Crippen molar-refractivity contribution in [2.75, 3.05) is 13.2 Å². The molecule has 0 amide bonds. The van der Waals surface area contributed by atoms with Gasteiger partial charge in [0.2, 0.25) is 0 Å². The Morgan fingerprint density at radius 3 is 1.10 bits per heavy atom. The van der Waals surface area contributed by atoms with E-state index in [4.69, 9.17) is 10.2 Å². The van der Waals surface area contributed by atoms with Gasteiger partial charge in [-0.2, -0.15) is 0 Å². The van der Waals surface area contributed by atoms with E-state index in [2.05, 4.69) is 13.2 Å². The minimum atomic E-state index is -0.125. The van der Waals surface area contributed by atoms with Gasteiger partial charge in [-0.3, -0.25) is 0 Å². The fraction of sp³-hybridized carbons (Fsp3) is 0.500. The molecule has 0 unspecified atom stereocenters. The fourth-order valence-corrected chi connectivity index (χ4v) is 0. The molecule has 2 nitrogen and oxygen atoms in total. The molecule has 0 aliphatic rings. The molecule has 0 rings (SSSR count). The Bertz CT molecular complexity index is 43.2. The number of hydrogen-bond acceptors (Lipinski definition) is 2. The van der Waals surface area contributed by atoms with Crippen LogP contribution in [0, 0.1) is 0 Å². The minimum Gasteiger partial charge on any atom is -0.394 e. The van der Waals surface area contributed by atoms with Crippen molar-refractivity contribution in [3.63, 3.8) is 0 Å². The fourth-order valence-electron chi connectivity index (χ4n) is 0. The molecule has 0 heterocycles. The van der Waals surface area contributed by atoms with E-state index in [1.165, 1.54) is 0 Å². The Balaban J connectivity index is -0.0000000750. The molecule has 0 spiro atoms. The highest BCUT2D eigenvalue weighted by atomic mass is 16.3. The predicted octanol–water partition coefficient (Wildman–Crippen LogP) is 1.36. The first-order chi connectivity index (χ1) is 4.74. The van der Waals surface area contributed by atoms with Crippen molar-refractivity contribution in [3.8, 4) is 0 Å². The second-order valence-electron chi connectivity index (χ2n) is 1.26. The molecule has 0 aromatic heterocycles. The minimum absolute atomic E-state index is 0.125. The van der Waals surface area contributed by atoms with Gasteiger partial charge in [0.05, 0.1) is 13.2 Å². The van der Waals surface area contributed by atoms with Gasteiger partial charge in [0.15, 0.2) is 0 Å². The van der Waals surface area contributed by atoms with E-state index in [1.54, 1.807) is 12.2 Å². The number of aliphatic hydroxyl groups is 2. The van der Waals surface area contributed by atoms with Crippen LogP contribution in [0.1, 0.15) is 13.8 Å². The lowest BCUT2D eigenvalue weighted by atomic mass is 10.8. The summed E-state index contributed by atoms with van der Waals surface area (Å²) in [5.41, 5.74) is 0. The van der Waals surface area contributed by atoms with Gasteiger partial charge in [-0.1, -0.05) is 12.2 Å². The van der Waals surface area contributed by atoms with Crippen LogP contribution >= 0.6 is 0 Å². The molecule has 0 atom stereocenters. The van der Waals surface area contributed by atoms with Crippen molar-refractivity contribution >= 4 is 0 Å². The van der Waals surface area contributed by atoms with Gasteiger partial charge in [-0.25, -0.2) is 0 Å². The van der Waals surface area contributed by atoms with Crippen LogP contribution in [0.15, 0.2) is 25.3 Å². The lowest BCUT2D eigenvalue weighted by molar-refractivity contribution is 0.186. The molecule has 2 heteroatoms. The Morgan fingerprint density at radius 1 is 1.00 bits per heavy atom. The standard InChI is InChI=1S/2C3H6.C2H6O2/c2*1-3-2;3-1-2-4/h2*3H,1H2,2H3;3-4H,1-2H2. The third-order valence-electron chi connectivity index (χ3n) is 0.1000. The highest BCUT2D eigenvalue weighted by Gasteiger charge is 1.58. The van der Waals surface area contributed by atoms with Crippen molar-refractivity contribution < 1.29 is 10.2 Å². The van der Waals surface area contributed by atoms with Crippen LogP contribution in [-0.2, 0) is 0 Å². The maximum atomic E-state index is 7.62. The summed E-state index contributed by atoms with van der Waals surface area (Å²) in [5.74, 6) is 0. The van der Waals surface area contributed by atoms with Gasteiger partial charge < -0.3 is 10.2 Å². The molecule has 0 aromatic carbocycles. The smallest absolute Gasteiger partial charge is 0.0662 e. The SMILES string of the molecule is C=CC.C=CC.OCCO. The Hall–Kier alpha value is -0.600. The number of hydrogen-bond donors (Lipinski definition) is 2. The zero-order valence-corrected chi connectivity index (χ0v) is 6.88. The van der Waals surface area contributed by atoms with E-state index in [9.17, 15) is 0 Å². The second kappa shape index (κ2) is 39.8. The van der Waals surface area contributed by atoms with Gasteiger partial charge in [0.25, 0.3) is 0 Å². The summed E-state index contributed by atoms with van der Waals surface area (Å²) in [6, 6.07) is 0.